The van der Waals surface area contributed by atoms with Crippen molar-refractivity contribution in [3.63, 3.8) is 0 Å². The molecule has 0 fully saturated rings. The Kier molecular flexibility index (Phi) is 12.2. The standard InChI is InChI=1S/C44H42N8.2ClH.Lu/c1-48-19-5-9-30(26-48)41-39-18-17-36(47-39)24-35-14-13-33(45-35)23-34-15-16-37(46-34)25-40-42(31-10-6-20-49(2)27-31)43(32-11-7-21-50(3)28-32)44(41)52(40)38-12-8-22-51(4)29-38;;;/h5-25,45H,26-29H2,1-4H3;2*1H;/q;;;+2/p-2. The second-order valence-electron chi connectivity index (χ2n) is 14.3. The Hall–Kier alpha value is -4.47. The van der Waals surface area contributed by atoms with E-state index in [-0.39, 0.29) is 61.7 Å². The molecule has 8 nitrogen and oxygen atoms in total. The van der Waals surface area contributed by atoms with Gasteiger partial charge >= 0.3 is 36.9 Å². The topological polar surface area (TPSA) is 59.5 Å². The van der Waals surface area contributed by atoms with Crippen molar-refractivity contribution in [1.29, 1.82) is 0 Å². The first-order valence-electron chi connectivity index (χ1n) is 17.9. The van der Waals surface area contributed by atoms with Crippen molar-refractivity contribution in [3.8, 4) is 0 Å². The number of fused-ring (bicyclic) bond motifs is 8. The molecule has 1 N–H and O–H groups in total. The van der Waals surface area contributed by atoms with E-state index in [9.17, 15) is 0 Å². The molecule has 0 atom stereocenters. The van der Waals surface area contributed by atoms with Gasteiger partial charge in [0.25, 0.3) is 0 Å². The predicted octanol–water partition coefficient (Wildman–Crippen LogP) is 1.96. The SMILES string of the molecule is CN1C=CC=C(c2c(C3=CC=CN(C)C3)c3c(C4=CC=CN(C)C4)c4nc(cc5ccc(cc6nc(cc2n3C2=CC=CN(C)C2)C=C6)[nH]5)C=C4)C1.[Cl-].[Cl-].[Lu+2]. The Bertz CT molecular complexity index is 2500. The summed E-state index contributed by atoms with van der Waals surface area (Å²) in [7, 11) is 8.59. The third-order valence-corrected chi connectivity index (χ3v) is 10.1. The Morgan fingerprint density at radius 3 is 1.56 bits per heavy atom. The molecule has 8 bridgehead atoms. The molecule has 6 aliphatic rings. The number of H-pyrrole nitrogens is 1. The van der Waals surface area contributed by atoms with Gasteiger partial charge in [0.15, 0.2) is 0 Å². The summed E-state index contributed by atoms with van der Waals surface area (Å²) in [4.78, 5) is 23.1. The molecular weight excluding hydrogens is 886 g/mol. The largest absolute Gasteiger partial charge is 2.00 e. The Morgan fingerprint density at radius 1 is 0.527 bits per heavy atom. The van der Waals surface area contributed by atoms with Gasteiger partial charge in [0.2, 0.25) is 0 Å². The van der Waals surface area contributed by atoms with Crippen LogP contribution in [0.5, 0.6) is 0 Å². The summed E-state index contributed by atoms with van der Waals surface area (Å²) in [5.41, 5.74) is 16.5. The van der Waals surface area contributed by atoms with Crippen LogP contribution in [0.2, 0.25) is 0 Å². The second-order valence-corrected chi connectivity index (χ2v) is 14.3. The number of nitrogens with one attached hydrogen (secondary N) is 1. The fourth-order valence-electron chi connectivity index (χ4n) is 7.88. The monoisotopic (exact) mass is 927 g/mol. The van der Waals surface area contributed by atoms with Crippen LogP contribution in [0, 0.1) is 36.9 Å². The van der Waals surface area contributed by atoms with E-state index < -0.39 is 0 Å². The summed E-state index contributed by atoms with van der Waals surface area (Å²) in [6, 6.07) is 10.7. The van der Waals surface area contributed by atoms with Gasteiger partial charge in [-0.25, -0.2) is 9.97 Å². The molecular formula is C44H42Cl2LuN8. The summed E-state index contributed by atoms with van der Waals surface area (Å²) in [6.45, 7) is 3.06. The first-order chi connectivity index (χ1) is 25.4. The quantitative estimate of drug-likeness (QED) is 0.298. The van der Waals surface area contributed by atoms with Crippen LogP contribution in [-0.2, 0) is 0 Å². The van der Waals surface area contributed by atoms with Crippen LogP contribution in [0.1, 0.15) is 39.5 Å². The van der Waals surface area contributed by atoms with E-state index >= 15 is 0 Å². The molecule has 287 valence electrons. The molecule has 0 spiro atoms. The molecule has 11 heteroatoms. The molecule has 0 aromatic carbocycles. The average molecular weight is 929 g/mol. The first kappa shape index (κ1) is 40.2. The molecule has 9 rings (SSSR count). The van der Waals surface area contributed by atoms with Gasteiger partial charge in [-0.3, -0.25) is 0 Å². The van der Waals surface area contributed by atoms with E-state index in [0.717, 1.165) is 76.6 Å². The number of hydrogen-bond acceptors (Lipinski definition) is 6. The minimum Gasteiger partial charge on any atom is -1.00 e. The van der Waals surface area contributed by atoms with Crippen molar-refractivity contribution >= 4 is 68.8 Å². The smallest absolute Gasteiger partial charge is 1.00 e. The summed E-state index contributed by atoms with van der Waals surface area (Å²) in [5.74, 6) is 0. The van der Waals surface area contributed by atoms with Crippen LogP contribution in [0.3, 0.4) is 0 Å². The van der Waals surface area contributed by atoms with Crippen molar-refractivity contribution in [2.45, 2.75) is 0 Å². The van der Waals surface area contributed by atoms with E-state index in [4.69, 9.17) is 9.97 Å². The average Bonchev–Trinajstić information content (AvgIpc) is 3.93. The van der Waals surface area contributed by atoms with Gasteiger partial charge in [-0.2, -0.15) is 0 Å². The number of aromatic amines is 1. The molecule has 3 aromatic heterocycles. The fourth-order valence-corrected chi connectivity index (χ4v) is 7.88. The number of likely N-dealkylation sites (N-methyl/N-ethyl adjacent to an activating group) is 4. The van der Waals surface area contributed by atoms with Crippen LogP contribution in [0.4, 0.5) is 0 Å². The molecule has 0 saturated heterocycles. The molecule has 9 heterocycles. The van der Waals surface area contributed by atoms with E-state index in [0.29, 0.717) is 0 Å². The maximum atomic E-state index is 5.39. The second kappa shape index (κ2) is 16.7. The van der Waals surface area contributed by atoms with Gasteiger partial charge in [0.05, 0.1) is 40.4 Å². The van der Waals surface area contributed by atoms with Crippen LogP contribution in [0.15, 0.2) is 104 Å². The Balaban J connectivity index is 0.00000171. The van der Waals surface area contributed by atoms with Crippen LogP contribution in [-0.4, -0.2) is 93.5 Å². The molecule has 0 saturated carbocycles. The molecule has 3 aromatic rings. The molecule has 1 radical (unpaired) electrons. The number of halogens is 2. The first-order valence-corrected chi connectivity index (χ1v) is 17.9. The van der Waals surface area contributed by atoms with Crippen molar-refractivity contribution < 1.29 is 61.7 Å². The van der Waals surface area contributed by atoms with Crippen molar-refractivity contribution in [2.75, 3.05) is 54.4 Å². The third kappa shape index (κ3) is 7.97. The van der Waals surface area contributed by atoms with Crippen LogP contribution < -0.4 is 24.8 Å². The molecule has 6 aliphatic heterocycles. The van der Waals surface area contributed by atoms with E-state index in [1.54, 1.807) is 0 Å². The minimum atomic E-state index is 0. The Labute approximate surface area is 364 Å². The Morgan fingerprint density at radius 2 is 1.00 bits per heavy atom. The van der Waals surface area contributed by atoms with Crippen molar-refractivity contribution in [3.05, 3.63) is 143 Å². The number of nitrogens with zero attached hydrogens (tertiary/aromatic N) is 7. The zero-order valence-electron chi connectivity index (χ0n) is 31.1. The number of rotatable bonds is 4. The molecule has 0 amide bonds. The third-order valence-electron chi connectivity index (χ3n) is 10.1. The number of aromatic nitrogens is 4. The maximum absolute atomic E-state index is 5.39. The van der Waals surface area contributed by atoms with E-state index in [2.05, 4.69) is 185 Å². The normalized spacial score (nSPS) is 16.9. The zero-order chi connectivity index (χ0) is 35.3. The molecule has 0 aliphatic carbocycles. The predicted molar refractivity (Wildman–Crippen MR) is 218 cm³/mol. The maximum Gasteiger partial charge on any atom is 2.00 e. The molecule has 0 unspecified atom stereocenters. The van der Waals surface area contributed by atoms with Gasteiger partial charge in [-0.05, 0) is 127 Å². The zero-order valence-corrected chi connectivity index (χ0v) is 34.3. The minimum absolute atomic E-state index is 0. The van der Waals surface area contributed by atoms with Crippen LogP contribution >= 0.6 is 0 Å². The summed E-state index contributed by atoms with van der Waals surface area (Å²) >= 11 is 0. The van der Waals surface area contributed by atoms with Gasteiger partial charge in [0, 0.05) is 81.2 Å². The number of hydrogen-bond donors (Lipinski definition) is 1. The fraction of sp³-hybridized carbons (Fsp3) is 0.182. The van der Waals surface area contributed by atoms with Crippen LogP contribution in [0.25, 0.3) is 68.8 Å². The molecule has 55 heavy (non-hydrogen) atoms. The summed E-state index contributed by atoms with van der Waals surface area (Å²) in [6.07, 6.45) is 35.0. The number of allylic oxidation sites excluding steroid dienone is 8. The van der Waals surface area contributed by atoms with Gasteiger partial charge in [-0.15, -0.1) is 0 Å². The van der Waals surface area contributed by atoms with Gasteiger partial charge < -0.3 is 54.0 Å². The summed E-state index contributed by atoms with van der Waals surface area (Å²) < 4.78 is 2.52. The van der Waals surface area contributed by atoms with E-state index in [1.807, 2.05) is 0 Å². The van der Waals surface area contributed by atoms with E-state index in [1.165, 1.54) is 33.5 Å². The summed E-state index contributed by atoms with van der Waals surface area (Å²) in [5, 5.41) is 0. The van der Waals surface area contributed by atoms with Gasteiger partial charge in [-0.1, -0.05) is 18.2 Å². The van der Waals surface area contributed by atoms with Crippen molar-refractivity contribution in [2.24, 2.45) is 0 Å². The van der Waals surface area contributed by atoms with Crippen molar-refractivity contribution in [1.82, 2.24) is 39.1 Å². The van der Waals surface area contributed by atoms with Gasteiger partial charge in [0.1, 0.15) is 0 Å².